The summed E-state index contributed by atoms with van der Waals surface area (Å²) in [6.45, 7) is 0.771. The van der Waals surface area contributed by atoms with Crippen molar-refractivity contribution in [3.8, 4) is 5.75 Å². The standard InChI is InChI=1S/C12H13NO2/c14-11-4-2-1-3-10(11)13-7-8-5-9(6-8)12(13)15/h1-4,8-9,14H,5-7H2. The topological polar surface area (TPSA) is 40.5 Å². The minimum Gasteiger partial charge on any atom is -0.506 e. The van der Waals surface area contributed by atoms with Gasteiger partial charge < -0.3 is 10.0 Å². The Bertz CT molecular complexity index is 410. The minimum atomic E-state index is 0.180. The predicted octanol–water partition coefficient (Wildman–Crippen LogP) is 1.77. The fourth-order valence-electron chi connectivity index (χ4n) is 2.56. The molecule has 1 amide bonds. The number of anilines is 1. The average molecular weight is 203 g/mol. The quantitative estimate of drug-likeness (QED) is 0.755. The first-order valence-corrected chi connectivity index (χ1v) is 5.35. The molecule has 3 fully saturated rings. The highest BCUT2D eigenvalue weighted by molar-refractivity contribution is 5.98. The third-order valence-corrected chi connectivity index (χ3v) is 3.46. The second-order valence-electron chi connectivity index (χ2n) is 4.47. The second kappa shape index (κ2) is 2.99. The van der Waals surface area contributed by atoms with Gasteiger partial charge in [-0.1, -0.05) is 12.1 Å². The van der Waals surface area contributed by atoms with Gasteiger partial charge in [-0.15, -0.1) is 0 Å². The van der Waals surface area contributed by atoms with Crippen LogP contribution in [0.5, 0.6) is 5.75 Å². The van der Waals surface area contributed by atoms with E-state index in [0.29, 0.717) is 11.6 Å². The van der Waals surface area contributed by atoms with Gasteiger partial charge in [0.15, 0.2) is 0 Å². The van der Waals surface area contributed by atoms with Crippen LogP contribution in [-0.2, 0) is 4.79 Å². The van der Waals surface area contributed by atoms with Crippen molar-refractivity contribution >= 4 is 11.6 Å². The summed E-state index contributed by atoms with van der Waals surface area (Å²) in [4.78, 5) is 13.7. The first kappa shape index (κ1) is 8.77. The number of aromatic hydroxyl groups is 1. The number of piperidine rings is 2. The van der Waals surface area contributed by atoms with E-state index >= 15 is 0 Å². The molecule has 2 aliphatic heterocycles. The van der Waals surface area contributed by atoms with Crippen LogP contribution in [0.15, 0.2) is 24.3 Å². The SMILES string of the molecule is O=C1C2CC(C2)CN1c1ccccc1O. The molecule has 1 saturated carbocycles. The zero-order valence-corrected chi connectivity index (χ0v) is 8.39. The number of hydrogen-bond donors (Lipinski definition) is 1. The lowest BCUT2D eigenvalue weighted by Gasteiger charge is -2.46. The summed E-state index contributed by atoms with van der Waals surface area (Å²) < 4.78 is 0. The Morgan fingerprint density at radius 2 is 2.00 bits per heavy atom. The van der Waals surface area contributed by atoms with Crippen LogP contribution in [0, 0.1) is 11.8 Å². The number of fused-ring (bicyclic) bond motifs is 2. The lowest BCUT2D eigenvalue weighted by molar-refractivity contribution is -0.129. The molecular formula is C12H13NO2. The number of carbonyl (C=O) groups excluding carboxylic acids is 1. The first-order chi connectivity index (χ1) is 7.25. The number of carbonyl (C=O) groups is 1. The molecule has 4 rings (SSSR count). The summed E-state index contributed by atoms with van der Waals surface area (Å²) in [6, 6.07) is 7.05. The van der Waals surface area contributed by atoms with Crippen LogP contribution in [0.25, 0.3) is 0 Å². The number of para-hydroxylation sites is 2. The van der Waals surface area contributed by atoms with Gasteiger partial charge in [-0.05, 0) is 30.9 Å². The van der Waals surface area contributed by atoms with Crippen molar-refractivity contribution in [1.82, 2.24) is 0 Å². The monoisotopic (exact) mass is 203 g/mol. The fraction of sp³-hybridized carbons (Fsp3) is 0.417. The van der Waals surface area contributed by atoms with Crippen LogP contribution < -0.4 is 4.90 Å². The van der Waals surface area contributed by atoms with Crippen LogP contribution in [0.3, 0.4) is 0 Å². The number of phenolic OH excluding ortho intramolecular Hbond substituents is 1. The molecule has 1 N–H and O–H groups in total. The number of nitrogens with zero attached hydrogens (tertiary/aromatic N) is 1. The van der Waals surface area contributed by atoms with E-state index in [-0.39, 0.29) is 17.6 Å². The molecule has 1 aliphatic carbocycles. The maximum atomic E-state index is 11.9. The number of amides is 1. The summed E-state index contributed by atoms with van der Waals surface area (Å²) in [7, 11) is 0. The number of hydrogen-bond acceptors (Lipinski definition) is 2. The fourth-order valence-corrected chi connectivity index (χ4v) is 2.56. The van der Waals surface area contributed by atoms with Gasteiger partial charge in [0.25, 0.3) is 0 Å². The molecule has 0 atom stereocenters. The average Bonchev–Trinajstić information content (AvgIpc) is 2.17. The molecule has 15 heavy (non-hydrogen) atoms. The van der Waals surface area contributed by atoms with Gasteiger partial charge in [0.05, 0.1) is 5.69 Å². The normalized spacial score (nSPS) is 28.8. The van der Waals surface area contributed by atoms with Crippen molar-refractivity contribution in [2.75, 3.05) is 11.4 Å². The lowest BCUT2D eigenvalue weighted by atomic mass is 9.70. The van der Waals surface area contributed by atoms with E-state index in [1.165, 1.54) is 0 Å². The van der Waals surface area contributed by atoms with E-state index in [1.807, 2.05) is 6.07 Å². The summed E-state index contributed by atoms with van der Waals surface area (Å²) in [5.41, 5.74) is 0.664. The van der Waals surface area contributed by atoms with Gasteiger partial charge >= 0.3 is 0 Å². The van der Waals surface area contributed by atoms with E-state index < -0.39 is 0 Å². The molecule has 2 bridgehead atoms. The van der Waals surface area contributed by atoms with Gasteiger partial charge in [0.1, 0.15) is 5.75 Å². The number of benzene rings is 1. The molecule has 2 saturated heterocycles. The largest absolute Gasteiger partial charge is 0.506 e. The Kier molecular flexibility index (Phi) is 1.75. The van der Waals surface area contributed by atoms with Crippen molar-refractivity contribution in [3.63, 3.8) is 0 Å². The molecule has 3 heteroatoms. The summed E-state index contributed by atoms with van der Waals surface area (Å²) in [6.07, 6.45) is 2.09. The van der Waals surface area contributed by atoms with Crippen molar-refractivity contribution in [1.29, 1.82) is 0 Å². The van der Waals surface area contributed by atoms with Crippen LogP contribution in [0.4, 0.5) is 5.69 Å². The Morgan fingerprint density at radius 1 is 1.27 bits per heavy atom. The third kappa shape index (κ3) is 1.23. The van der Waals surface area contributed by atoms with Crippen molar-refractivity contribution in [2.24, 2.45) is 11.8 Å². The Labute approximate surface area is 88.3 Å². The Morgan fingerprint density at radius 3 is 2.67 bits per heavy atom. The molecule has 0 spiro atoms. The molecular weight excluding hydrogens is 190 g/mol. The van der Waals surface area contributed by atoms with Gasteiger partial charge in [0.2, 0.25) is 5.91 Å². The van der Waals surface area contributed by atoms with Crippen molar-refractivity contribution < 1.29 is 9.90 Å². The number of rotatable bonds is 1. The van der Waals surface area contributed by atoms with Crippen molar-refractivity contribution in [2.45, 2.75) is 12.8 Å². The zero-order chi connectivity index (χ0) is 10.4. The summed E-state index contributed by atoms with van der Waals surface area (Å²) in [5, 5.41) is 9.69. The van der Waals surface area contributed by atoms with E-state index in [2.05, 4.69) is 0 Å². The first-order valence-electron chi connectivity index (χ1n) is 5.35. The Balaban J connectivity index is 1.94. The second-order valence-corrected chi connectivity index (χ2v) is 4.47. The lowest BCUT2D eigenvalue weighted by Crippen LogP contribution is -2.53. The Hall–Kier alpha value is -1.51. The van der Waals surface area contributed by atoms with Gasteiger partial charge in [0, 0.05) is 12.5 Å². The van der Waals surface area contributed by atoms with Crippen LogP contribution in [0.1, 0.15) is 12.8 Å². The van der Waals surface area contributed by atoms with E-state index in [4.69, 9.17) is 0 Å². The molecule has 2 heterocycles. The molecule has 1 aromatic rings. The minimum absolute atomic E-state index is 0.180. The maximum absolute atomic E-state index is 11.9. The highest BCUT2D eigenvalue weighted by Gasteiger charge is 2.44. The van der Waals surface area contributed by atoms with E-state index in [9.17, 15) is 9.90 Å². The third-order valence-electron chi connectivity index (χ3n) is 3.46. The van der Waals surface area contributed by atoms with Crippen LogP contribution in [-0.4, -0.2) is 17.6 Å². The molecule has 78 valence electrons. The van der Waals surface area contributed by atoms with Crippen LogP contribution in [0.2, 0.25) is 0 Å². The van der Waals surface area contributed by atoms with Gasteiger partial charge in [-0.3, -0.25) is 4.79 Å². The van der Waals surface area contributed by atoms with Crippen molar-refractivity contribution in [3.05, 3.63) is 24.3 Å². The maximum Gasteiger partial charge on any atom is 0.230 e. The molecule has 1 aromatic carbocycles. The molecule has 3 nitrogen and oxygen atoms in total. The smallest absolute Gasteiger partial charge is 0.230 e. The zero-order valence-electron chi connectivity index (χ0n) is 8.39. The summed E-state index contributed by atoms with van der Waals surface area (Å²) in [5.74, 6) is 1.24. The van der Waals surface area contributed by atoms with Gasteiger partial charge in [-0.25, -0.2) is 0 Å². The highest BCUT2D eigenvalue weighted by atomic mass is 16.3. The molecule has 3 aliphatic rings. The molecule has 0 aromatic heterocycles. The van der Waals surface area contributed by atoms with Crippen LogP contribution >= 0.6 is 0 Å². The van der Waals surface area contributed by atoms with Gasteiger partial charge in [-0.2, -0.15) is 0 Å². The summed E-state index contributed by atoms with van der Waals surface area (Å²) >= 11 is 0. The number of phenols is 1. The molecule has 0 radical (unpaired) electrons. The van der Waals surface area contributed by atoms with E-state index in [0.717, 1.165) is 19.4 Å². The molecule has 0 unspecified atom stereocenters. The van der Waals surface area contributed by atoms with E-state index in [1.54, 1.807) is 23.1 Å². The highest BCUT2D eigenvalue weighted by Crippen LogP contribution is 2.43. The predicted molar refractivity (Wildman–Crippen MR) is 56.7 cm³/mol.